The lowest BCUT2D eigenvalue weighted by Crippen LogP contribution is -2.59. The fourth-order valence-electron chi connectivity index (χ4n) is 3.18. The number of nitrogens with one attached hydrogen (secondary N) is 1. The summed E-state index contributed by atoms with van der Waals surface area (Å²) in [6, 6.07) is 12.1. The molecule has 0 radical (unpaired) electrons. The van der Waals surface area contributed by atoms with Crippen LogP contribution in [0.5, 0.6) is 0 Å². The van der Waals surface area contributed by atoms with Gasteiger partial charge in [0.1, 0.15) is 6.04 Å². The Morgan fingerprint density at radius 3 is 2.69 bits per heavy atom. The van der Waals surface area contributed by atoms with Gasteiger partial charge in [-0.25, -0.2) is 0 Å². The fourth-order valence-corrected chi connectivity index (χ4v) is 3.18. The lowest BCUT2D eigenvalue weighted by molar-refractivity contribution is -0.129. The minimum Gasteiger partial charge on any atom is -0.353 e. The minimum absolute atomic E-state index is 0.0384. The van der Waals surface area contributed by atoms with Crippen LogP contribution in [0.15, 0.2) is 42.6 Å². The van der Waals surface area contributed by atoms with Crippen LogP contribution in [0.3, 0.4) is 0 Å². The van der Waals surface area contributed by atoms with E-state index in [2.05, 4.69) is 16.4 Å². The zero-order valence-electron chi connectivity index (χ0n) is 14.8. The van der Waals surface area contributed by atoms with Gasteiger partial charge in [-0.2, -0.15) is 5.26 Å². The van der Waals surface area contributed by atoms with Crippen LogP contribution in [-0.4, -0.2) is 40.8 Å². The molecule has 132 valence electrons. The van der Waals surface area contributed by atoms with Gasteiger partial charge in [-0.1, -0.05) is 26.0 Å². The van der Waals surface area contributed by atoms with E-state index in [1.807, 2.05) is 26.0 Å². The van der Waals surface area contributed by atoms with Crippen LogP contribution in [0, 0.1) is 17.2 Å². The van der Waals surface area contributed by atoms with Crippen LogP contribution < -0.4 is 5.32 Å². The molecule has 3 rings (SSSR count). The molecule has 2 heterocycles. The zero-order valence-corrected chi connectivity index (χ0v) is 14.8. The van der Waals surface area contributed by atoms with E-state index < -0.39 is 6.04 Å². The third-order valence-electron chi connectivity index (χ3n) is 4.47. The first-order valence-corrected chi connectivity index (χ1v) is 8.56. The van der Waals surface area contributed by atoms with Gasteiger partial charge in [-0.05, 0) is 30.2 Å². The van der Waals surface area contributed by atoms with E-state index in [0.29, 0.717) is 29.9 Å². The number of nitriles is 1. The molecule has 1 unspecified atom stereocenters. The van der Waals surface area contributed by atoms with Crippen molar-refractivity contribution in [2.24, 2.45) is 5.92 Å². The first-order valence-electron chi connectivity index (χ1n) is 8.56. The second-order valence-corrected chi connectivity index (χ2v) is 6.60. The standard InChI is InChI=1S/C20H20N4O2/c1-13(2)18-19(25)23-9-10-24(18)20(26)16-5-3-15(4-6-16)17-11-14(12-21)7-8-22-17/h3-8,11,13,18H,9-10H2,1-2H3,(H,23,25). The van der Waals surface area contributed by atoms with Gasteiger partial charge in [-0.3, -0.25) is 14.6 Å². The average Bonchev–Trinajstić information content (AvgIpc) is 2.67. The Bertz CT molecular complexity index is 868. The quantitative estimate of drug-likeness (QED) is 0.921. The minimum atomic E-state index is -0.454. The van der Waals surface area contributed by atoms with E-state index >= 15 is 0 Å². The highest BCUT2D eigenvalue weighted by Gasteiger charge is 2.35. The lowest BCUT2D eigenvalue weighted by atomic mass is 9.98. The average molecular weight is 348 g/mol. The molecule has 6 heteroatoms. The smallest absolute Gasteiger partial charge is 0.254 e. The van der Waals surface area contributed by atoms with E-state index in [4.69, 9.17) is 5.26 Å². The van der Waals surface area contributed by atoms with Gasteiger partial charge >= 0.3 is 0 Å². The number of hydrogen-bond donors (Lipinski definition) is 1. The molecule has 2 amide bonds. The highest BCUT2D eigenvalue weighted by atomic mass is 16.2. The van der Waals surface area contributed by atoms with Crippen LogP contribution in [0.2, 0.25) is 0 Å². The van der Waals surface area contributed by atoms with Crippen molar-refractivity contribution >= 4 is 11.8 Å². The molecule has 26 heavy (non-hydrogen) atoms. The van der Waals surface area contributed by atoms with Crippen molar-refractivity contribution in [2.45, 2.75) is 19.9 Å². The van der Waals surface area contributed by atoms with Crippen molar-refractivity contribution in [1.29, 1.82) is 5.26 Å². The van der Waals surface area contributed by atoms with Gasteiger partial charge in [0.15, 0.2) is 0 Å². The molecule has 0 saturated carbocycles. The summed E-state index contributed by atoms with van der Waals surface area (Å²) in [5, 5.41) is 11.8. The summed E-state index contributed by atoms with van der Waals surface area (Å²) in [4.78, 5) is 31.0. The van der Waals surface area contributed by atoms with Crippen LogP contribution >= 0.6 is 0 Å². The van der Waals surface area contributed by atoms with Gasteiger partial charge in [0.2, 0.25) is 5.91 Å². The Hall–Kier alpha value is -3.20. The van der Waals surface area contributed by atoms with Crippen molar-refractivity contribution in [3.63, 3.8) is 0 Å². The molecule has 1 aromatic heterocycles. The van der Waals surface area contributed by atoms with Crippen molar-refractivity contribution < 1.29 is 9.59 Å². The zero-order chi connectivity index (χ0) is 18.7. The summed E-state index contributed by atoms with van der Waals surface area (Å²) >= 11 is 0. The molecule has 0 spiro atoms. The normalized spacial score (nSPS) is 16.9. The molecule has 1 aliphatic rings. The molecule has 1 aromatic carbocycles. The third kappa shape index (κ3) is 3.42. The van der Waals surface area contributed by atoms with Crippen LogP contribution in [-0.2, 0) is 4.79 Å². The topological polar surface area (TPSA) is 86.1 Å². The molecule has 2 aromatic rings. The summed E-state index contributed by atoms with van der Waals surface area (Å²) in [6.45, 7) is 4.84. The molecule has 1 atom stereocenters. The Labute approximate surface area is 152 Å². The van der Waals surface area contributed by atoms with Gasteiger partial charge < -0.3 is 10.2 Å². The first kappa shape index (κ1) is 17.6. The molecule has 0 aliphatic carbocycles. The molecule has 6 nitrogen and oxygen atoms in total. The fraction of sp³-hybridized carbons (Fsp3) is 0.300. The van der Waals surface area contributed by atoms with Gasteiger partial charge in [0.25, 0.3) is 5.91 Å². The monoisotopic (exact) mass is 348 g/mol. The van der Waals surface area contributed by atoms with E-state index in [1.165, 1.54) is 0 Å². The molecule has 1 N–H and O–H groups in total. The number of aromatic nitrogens is 1. The number of nitrogens with zero attached hydrogens (tertiary/aromatic N) is 3. The van der Waals surface area contributed by atoms with E-state index in [-0.39, 0.29) is 17.7 Å². The van der Waals surface area contributed by atoms with Crippen LogP contribution in [0.1, 0.15) is 29.8 Å². The van der Waals surface area contributed by atoms with Gasteiger partial charge in [0, 0.05) is 30.4 Å². The predicted molar refractivity (Wildman–Crippen MR) is 97.1 cm³/mol. The first-order chi connectivity index (χ1) is 12.5. The number of amides is 2. The largest absolute Gasteiger partial charge is 0.353 e. The summed E-state index contributed by atoms with van der Waals surface area (Å²) < 4.78 is 0. The number of pyridine rings is 1. The number of rotatable bonds is 3. The SMILES string of the molecule is CC(C)C1C(=O)NCCN1C(=O)c1ccc(-c2cc(C#N)ccn2)cc1. The molecule has 1 saturated heterocycles. The maximum Gasteiger partial charge on any atom is 0.254 e. The Morgan fingerprint density at radius 1 is 1.31 bits per heavy atom. The van der Waals surface area contributed by atoms with Gasteiger partial charge in [-0.15, -0.1) is 0 Å². The number of piperazine rings is 1. The Kier molecular flexibility index (Phi) is 4.99. The summed E-state index contributed by atoms with van der Waals surface area (Å²) in [7, 11) is 0. The van der Waals surface area contributed by atoms with E-state index in [0.717, 1.165) is 5.56 Å². The number of carbonyl (C=O) groups excluding carboxylic acids is 2. The van der Waals surface area contributed by atoms with Crippen LogP contribution in [0.4, 0.5) is 0 Å². The highest BCUT2D eigenvalue weighted by molar-refractivity contribution is 5.98. The molecule has 0 bridgehead atoms. The summed E-state index contributed by atoms with van der Waals surface area (Å²) in [5.74, 6) is -0.214. The molecule has 1 aliphatic heterocycles. The maximum atomic E-state index is 12.9. The second-order valence-electron chi connectivity index (χ2n) is 6.60. The van der Waals surface area contributed by atoms with Crippen molar-refractivity contribution in [3.05, 3.63) is 53.7 Å². The summed E-state index contributed by atoms with van der Waals surface area (Å²) in [5.41, 5.74) is 2.58. The Morgan fingerprint density at radius 2 is 2.04 bits per heavy atom. The van der Waals surface area contributed by atoms with E-state index in [9.17, 15) is 9.59 Å². The number of carbonyl (C=O) groups is 2. The second kappa shape index (κ2) is 7.36. The predicted octanol–water partition coefficient (Wildman–Crippen LogP) is 2.22. The molecular weight excluding hydrogens is 328 g/mol. The molecule has 1 fully saturated rings. The Balaban J connectivity index is 1.84. The van der Waals surface area contributed by atoms with Crippen LogP contribution in [0.25, 0.3) is 11.3 Å². The van der Waals surface area contributed by atoms with Crippen molar-refractivity contribution in [1.82, 2.24) is 15.2 Å². The number of hydrogen-bond acceptors (Lipinski definition) is 4. The van der Waals surface area contributed by atoms with E-state index in [1.54, 1.807) is 35.4 Å². The molecular formula is C20H20N4O2. The van der Waals surface area contributed by atoms with Crippen molar-refractivity contribution in [2.75, 3.05) is 13.1 Å². The van der Waals surface area contributed by atoms with Crippen molar-refractivity contribution in [3.8, 4) is 17.3 Å². The summed E-state index contributed by atoms with van der Waals surface area (Å²) in [6.07, 6.45) is 1.59. The lowest BCUT2D eigenvalue weighted by Gasteiger charge is -2.37. The van der Waals surface area contributed by atoms with Gasteiger partial charge in [0.05, 0.1) is 17.3 Å². The highest BCUT2D eigenvalue weighted by Crippen LogP contribution is 2.21. The maximum absolute atomic E-state index is 12.9. The number of benzene rings is 1. The third-order valence-corrected chi connectivity index (χ3v) is 4.47.